The molecule has 1 fully saturated rings. The Labute approximate surface area is 136 Å². The number of piperazine rings is 1. The van der Waals surface area contributed by atoms with Crippen LogP contribution in [0.25, 0.3) is 0 Å². The molecule has 1 aromatic rings. The van der Waals surface area contributed by atoms with E-state index in [0.29, 0.717) is 5.56 Å². The second-order valence-electron chi connectivity index (χ2n) is 6.64. The lowest BCUT2D eigenvalue weighted by Crippen LogP contribution is -2.48. The van der Waals surface area contributed by atoms with Crippen LogP contribution in [0.4, 0.5) is 13.2 Å². The molecule has 6 heteroatoms. The predicted molar refractivity (Wildman–Crippen MR) is 85.3 cm³/mol. The summed E-state index contributed by atoms with van der Waals surface area (Å²) >= 11 is 0. The van der Waals surface area contributed by atoms with Crippen molar-refractivity contribution >= 4 is 12.4 Å². The Morgan fingerprint density at radius 1 is 1.05 bits per heavy atom. The van der Waals surface area contributed by atoms with Gasteiger partial charge in [-0.25, -0.2) is 0 Å². The van der Waals surface area contributed by atoms with E-state index in [9.17, 15) is 13.2 Å². The molecular formula is C16H24ClF3N2. The molecule has 0 radical (unpaired) electrons. The molecule has 0 aromatic heterocycles. The third-order valence-electron chi connectivity index (χ3n) is 3.90. The van der Waals surface area contributed by atoms with Crippen LogP contribution in [-0.4, -0.2) is 31.1 Å². The standard InChI is InChI=1S/C16H23F3N2.ClH/c1-15(2,3)14(21-10-8-20-9-11-21)12-6-4-5-7-13(12)16(17,18)19;/h4-7,14,20H,8-11H2,1-3H3;1H/t14-;/m1./s1. The molecule has 0 aliphatic carbocycles. The Balaban J connectivity index is 0.00000242. The van der Waals surface area contributed by atoms with Gasteiger partial charge in [0.25, 0.3) is 0 Å². The summed E-state index contributed by atoms with van der Waals surface area (Å²) in [4.78, 5) is 2.17. The van der Waals surface area contributed by atoms with Gasteiger partial charge in [0.1, 0.15) is 0 Å². The lowest BCUT2D eigenvalue weighted by Gasteiger charge is -2.43. The van der Waals surface area contributed by atoms with E-state index in [2.05, 4.69) is 10.2 Å². The van der Waals surface area contributed by atoms with Gasteiger partial charge in [0, 0.05) is 32.2 Å². The van der Waals surface area contributed by atoms with Gasteiger partial charge in [-0.2, -0.15) is 13.2 Å². The number of rotatable bonds is 2. The molecule has 1 aliphatic heterocycles. The van der Waals surface area contributed by atoms with Crippen LogP contribution in [0.5, 0.6) is 0 Å². The van der Waals surface area contributed by atoms with Crippen LogP contribution in [0.1, 0.15) is 37.9 Å². The van der Waals surface area contributed by atoms with Gasteiger partial charge >= 0.3 is 6.18 Å². The zero-order valence-electron chi connectivity index (χ0n) is 13.2. The summed E-state index contributed by atoms with van der Waals surface area (Å²) in [7, 11) is 0. The summed E-state index contributed by atoms with van der Waals surface area (Å²) in [6, 6.07) is 5.74. The minimum Gasteiger partial charge on any atom is -0.314 e. The number of hydrogen-bond donors (Lipinski definition) is 1. The average Bonchev–Trinajstić information content (AvgIpc) is 2.38. The topological polar surface area (TPSA) is 15.3 Å². The molecular weight excluding hydrogens is 313 g/mol. The van der Waals surface area contributed by atoms with E-state index in [1.165, 1.54) is 12.1 Å². The van der Waals surface area contributed by atoms with Crippen LogP contribution in [0.3, 0.4) is 0 Å². The molecule has 0 unspecified atom stereocenters. The van der Waals surface area contributed by atoms with Gasteiger partial charge in [0.15, 0.2) is 0 Å². The zero-order chi connectivity index (χ0) is 15.7. The number of hydrogen-bond acceptors (Lipinski definition) is 2. The summed E-state index contributed by atoms with van der Waals surface area (Å²) in [5.41, 5.74) is -0.388. The fraction of sp³-hybridized carbons (Fsp3) is 0.625. The molecule has 2 nitrogen and oxygen atoms in total. The van der Waals surface area contributed by atoms with Crippen molar-refractivity contribution in [2.24, 2.45) is 5.41 Å². The molecule has 22 heavy (non-hydrogen) atoms. The maximum atomic E-state index is 13.3. The maximum absolute atomic E-state index is 13.3. The van der Waals surface area contributed by atoms with E-state index in [0.717, 1.165) is 26.2 Å². The van der Waals surface area contributed by atoms with Crippen molar-refractivity contribution in [3.05, 3.63) is 35.4 Å². The molecule has 1 atom stereocenters. The van der Waals surface area contributed by atoms with Gasteiger partial charge in [0.2, 0.25) is 0 Å². The number of benzene rings is 1. The first kappa shape index (κ1) is 19.3. The number of nitrogens with one attached hydrogen (secondary N) is 1. The fourth-order valence-corrected chi connectivity index (χ4v) is 3.14. The minimum absolute atomic E-state index is 0. The van der Waals surface area contributed by atoms with E-state index in [1.54, 1.807) is 12.1 Å². The fourth-order valence-electron chi connectivity index (χ4n) is 3.14. The molecule has 0 saturated carbocycles. The van der Waals surface area contributed by atoms with Crippen molar-refractivity contribution in [3.8, 4) is 0 Å². The molecule has 126 valence electrons. The Morgan fingerprint density at radius 2 is 1.59 bits per heavy atom. The molecule has 0 spiro atoms. The normalized spacial score (nSPS) is 18.6. The number of halogens is 4. The van der Waals surface area contributed by atoms with Gasteiger partial charge < -0.3 is 5.32 Å². The van der Waals surface area contributed by atoms with E-state index in [1.807, 2.05) is 20.8 Å². The Morgan fingerprint density at radius 3 is 2.09 bits per heavy atom. The molecule has 0 bridgehead atoms. The van der Waals surface area contributed by atoms with Crippen LogP contribution in [0, 0.1) is 5.41 Å². The molecule has 1 N–H and O–H groups in total. The van der Waals surface area contributed by atoms with Crippen LogP contribution in [0.2, 0.25) is 0 Å². The molecule has 1 heterocycles. The monoisotopic (exact) mass is 336 g/mol. The van der Waals surface area contributed by atoms with Gasteiger partial charge in [0.05, 0.1) is 5.56 Å². The predicted octanol–water partition coefficient (Wildman–Crippen LogP) is 4.12. The highest BCUT2D eigenvalue weighted by atomic mass is 35.5. The Kier molecular flexibility index (Phi) is 6.30. The van der Waals surface area contributed by atoms with Crippen molar-refractivity contribution in [2.45, 2.75) is 33.0 Å². The van der Waals surface area contributed by atoms with Crippen LogP contribution in [0.15, 0.2) is 24.3 Å². The van der Waals surface area contributed by atoms with Crippen LogP contribution in [-0.2, 0) is 6.18 Å². The SMILES string of the molecule is CC(C)(C)[C@@H](c1ccccc1C(F)(F)F)N1CCNCC1.Cl. The van der Waals surface area contributed by atoms with Gasteiger partial charge in [-0.1, -0.05) is 39.0 Å². The van der Waals surface area contributed by atoms with E-state index >= 15 is 0 Å². The van der Waals surface area contributed by atoms with Gasteiger partial charge in [-0.3, -0.25) is 4.90 Å². The Bertz CT molecular complexity index is 477. The van der Waals surface area contributed by atoms with Crippen LogP contribution >= 0.6 is 12.4 Å². The van der Waals surface area contributed by atoms with Crippen molar-refractivity contribution < 1.29 is 13.2 Å². The second kappa shape index (κ2) is 7.20. The van der Waals surface area contributed by atoms with Crippen LogP contribution < -0.4 is 5.32 Å². The summed E-state index contributed by atoms with van der Waals surface area (Å²) in [6.45, 7) is 9.20. The molecule has 1 aliphatic rings. The first-order chi connectivity index (χ1) is 9.71. The molecule has 1 aromatic carbocycles. The first-order valence-electron chi connectivity index (χ1n) is 7.32. The maximum Gasteiger partial charge on any atom is 0.416 e. The van der Waals surface area contributed by atoms with Crippen molar-refractivity contribution in [1.29, 1.82) is 0 Å². The molecule has 0 amide bonds. The zero-order valence-corrected chi connectivity index (χ0v) is 14.0. The third kappa shape index (κ3) is 4.37. The van der Waals surface area contributed by atoms with Crippen molar-refractivity contribution in [3.63, 3.8) is 0 Å². The van der Waals surface area contributed by atoms with E-state index in [-0.39, 0.29) is 23.9 Å². The third-order valence-corrected chi connectivity index (χ3v) is 3.90. The Hall–Kier alpha value is -0.780. The summed E-state index contributed by atoms with van der Waals surface area (Å²) in [5.74, 6) is 0. The van der Waals surface area contributed by atoms with Crippen molar-refractivity contribution in [1.82, 2.24) is 10.2 Å². The number of alkyl halides is 3. The van der Waals surface area contributed by atoms with E-state index < -0.39 is 11.7 Å². The molecule has 2 rings (SSSR count). The average molecular weight is 337 g/mol. The minimum atomic E-state index is -4.31. The summed E-state index contributed by atoms with van der Waals surface area (Å²) in [6.07, 6.45) is -4.31. The highest BCUT2D eigenvalue weighted by molar-refractivity contribution is 5.85. The second-order valence-corrected chi connectivity index (χ2v) is 6.64. The quantitative estimate of drug-likeness (QED) is 0.874. The largest absolute Gasteiger partial charge is 0.416 e. The summed E-state index contributed by atoms with van der Waals surface area (Å²) < 4.78 is 40.0. The van der Waals surface area contributed by atoms with Gasteiger partial charge in [-0.05, 0) is 17.0 Å². The van der Waals surface area contributed by atoms with Gasteiger partial charge in [-0.15, -0.1) is 12.4 Å². The van der Waals surface area contributed by atoms with E-state index in [4.69, 9.17) is 0 Å². The smallest absolute Gasteiger partial charge is 0.314 e. The number of nitrogens with zero attached hydrogens (tertiary/aromatic N) is 1. The lowest BCUT2D eigenvalue weighted by atomic mass is 9.79. The molecule has 1 saturated heterocycles. The highest BCUT2D eigenvalue weighted by Gasteiger charge is 2.40. The first-order valence-corrected chi connectivity index (χ1v) is 7.32. The summed E-state index contributed by atoms with van der Waals surface area (Å²) in [5, 5.41) is 3.25. The highest BCUT2D eigenvalue weighted by Crippen LogP contribution is 2.43. The van der Waals surface area contributed by atoms with Crippen molar-refractivity contribution in [2.75, 3.05) is 26.2 Å². The lowest BCUT2D eigenvalue weighted by molar-refractivity contribution is -0.139.